The van der Waals surface area contributed by atoms with Gasteiger partial charge in [-0.1, -0.05) is 11.6 Å². The second kappa shape index (κ2) is 5.91. The number of benzene rings is 1. The second-order valence-electron chi connectivity index (χ2n) is 3.77. The van der Waals surface area contributed by atoms with Gasteiger partial charge in [-0.3, -0.25) is 0 Å². The van der Waals surface area contributed by atoms with E-state index in [1.165, 1.54) is 0 Å². The topological polar surface area (TPSA) is 22.1 Å². The van der Waals surface area contributed by atoms with Crippen LogP contribution in [0.25, 0.3) is 0 Å². The van der Waals surface area contributed by atoms with Crippen LogP contribution in [0.4, 0.5) is 0 Å². The van der Waals surface area contributed by atoms with Gasteiger partial charge in [0.1, 0.15) is 5.75 Å². The van der Waals surface area contributed by atoms with E-state index in [1.54, 1.807) is 18.2 Å². The summed E-state index contributed by atoms with van der Waals surface area (Å²) in [7, 11) is 0. The van der Waals surface area contributed by atoms with E-state index in [4.69, 9.17) is 27.9 Å². The predicted molar refractivity (Wildman–Crippen MR) is 77.8 cm³/mol. The minimum absolute atomic E-state index is 0.432. The van der Waals surface area contributed by atoms with Crippen LogP contribution in [-0.2, 0) is 5.88 Å². The largest absolute Gasteiger partial charge is 0.438 e. The second-order valence-corrected chi connectivity index (χ2v) is 5.32. The third-order valence-corrected chi connectivity index (χ3v) is 3.42. The van der Waals surface area contributed by atoms with Crippen molar-refractivity contribution in [2.24, 2.45) is 0 Å². The molecule has 2 nitrogen and oxygen atoms in total. The summed E-state index contributed by atoms with van der Waals surface area (Å²) >= 11 is 15.1. The Bertz CT molecular complexity index is 575. The number of rotatable bonds is 3. The Morgan fingerprint density at radius 3 is 2.72 bits per heavy atom. The van der Waals surface area contributed by atoms with Crippen molar-refractivity contribution in [1.82, 2.24) is 4.98 Å². The highest BCUT2D eigenvalue weighted by molar-refractivity contribution is 9.10. The Hall–Kier alpha value is -0.770. The lowest BCUT2D eigenvalue weighted by atomic mass is 10.2. The van der Waals surface area contributed by atoms with Gasteiger partial charge in [-0.05, 0) is 52.7 Å². The fraction of sp³-hybridized carbons (Fsp3) is 0.154. The molecule has 0 saturated heterocycles. The molecule has 2 rings (SSSR count). The highest BCUT2D eigenvalue weighted by Crippen LogP contribution is 2.31. The van der Waals surface area contributed by atoms with Crippen LogP contribution in [0, 0.1) is 6.92 Å². The molecule has 18 heavy (non-hydrogen) atoms. The van der Waals surface area contributed by atoms with E-state index in [-0.39, 0.29) is 0 Å². The van der Waals surface area contributed by atoms with Gasteiger partial charge in [0.15, 0.2) is 0 Å². The van der Waals surface area contributed by atoms with E-state index in [1.807, 2.05) is 19.1 Å². The maximum absolute atomic E-state index is 5.87. The van der Waals surface area contributed by atoms with E-state index in [9.17, 15) is 0 Å². The van der Waals surface area contributed by atoms with Crippen LogP contribution in [0.15, 0.2) is 34.8 Å². The Balaban J connectivity index is 2.30. The van der Waals surface area contributed by atoms with Crippen molar-refractivity contribution < 1.29 is 4.74 Å². The zero-order valence-electron chi connectivity index (χ0n) is 9.58. The van der Waals surface area contributed by atoms with Crippen molar-refractivity contribution in [2.45, 2.75) is 12.8 Å². The maximum Gasteiger partial charge on any atom is 0.219 e. The predicted octanol–water partition coefficient (Wildman–Crippen LogP) is 5.34. The van der Waals surface area contributed by atoms with E-state index in [2.05, 4.69) is 20.9 Å². The zero-order chi connectivity index (χ0) is 13.1. The molecular weight excluding hydrogens is 337 g/mol. The van der Waals surface area contributed by atoms with Crippen LogP contribution >= 0.6 is 39.1 Å². The van der Waals surface area contributed by atoms with Crippen LogP contribution in [0.1, 0.15) is 11.3 Å². The number of aryl methyl sites for hydroxylation is 1. The number of pyridine rings is 1. The molecule has 5 heteroatoms. The standard InChI is InChI=1S/C13H10BrCl2NO/c1-8-4-9(7-15)5-13(17-8)18-12-3-2-10(16)6-11(12)14/h2-6H,7H2,1H3. The summed E-state index contributed by atoms with van der Waals surface area (Å²) in [6.45, 7) is 1.90. The molecule has 0 amide bonds. The SMILES string of the molecule is Cc1cc(CCl)cc(Oc2ccc(Cl)cc2Br)n1. The average molecular weight is 347 g/mol. The molecule has 0 aliphatic heterocycles. The van der Waals surface area contributed by atoms with Gasteiger partial charge in [0, 0.05) is 22.7 Å². The molecule has 0 N–H and O–H groups in total. The van der Waals surface area contributed by atoms with Crippen molar-refractivity contribution in [3.63, 3.8) is 0 Å². The highest BCUT2D eigenvalue weighted by Gasteiger charge is 2.06. The average Bonchev–Trinajstić information content (AvgIpc) is 2.32. The molecule has 94 valence electrons. The molecule has 1 aromatic carbocycles. The fourth-order valence-corrected chi connectivity index (χ4v) is 2.42. The van der Waals surface area contributed by atoms with E-state index in [0.717, 1.165) is 15.7 Å². The summed E-state index contributed by atoms with van der Waals surface area (Å²) in [6.07, 6.45) is 0. The maximum atomic E-state index is 5.87. The van der Waals surface area contributed by atoms with Crippen LogP contribution in [-0.4, -0.2) is 4.98 Å². The fourth-order valence-electron chi connectivity index (χ4n) is 1.51. The molecule has 0 atom stereocenters. The van der Waals surface area contributed by atoms with E-state index >= 15 is 0 Å². The molecule has 1 aromatic heterocycles. The van der Waals surface area contributed by atoms with Gasteiger partial charge in [0.2, 0.25) is 5.88 Å². The lowest BCUT2D eigenvalue weighted by Crippen LogP contribution is -1.93. The molecule has 0 spiro atoms. The summed E-state index contributed by atoms with van der Waals surface area (Å²) in [4.78, 5) is 4.31. The third kappa shape index (κ3) is 3.37. The van der Waals surface area contributed by atoms with Crippen molar-refractivity contribution in [3.05, 3.63) is 51.1 Å². The van der Waals surface area contributed by atoms with Crippen LogP contribution in [0.3, 0.4) is 0 Å². The minimum atomic E-state index is 0.432. The molecule has 0 saturated carbocycles. The number of ether oxygens (including phenoxy) is 1. The van der Waals surface area contributed by atoms with Gasteiger partial charge < -0.3 is 4.74 Å². The normalized spacial score (nSPS) is 10.4. The molecule has 0 aliphatic rings. The van der Waals surface area contributed by atoms with E-state index < -0.39 is 0 Å². The number of hydrogen-bond donors (Lipinski definition) is 0. The van der Waals surface area contributed by atoms with Crippen molar-refractivity contribution in [3.8, 4) is 11.6 Å². The molecule has 0 unspecified atom stereocenters. The van der Waals surface area contributed by atoms with Crippen molar-refractivity contribution in [2.75, 3.05) is 0 Å². The van der Waals surface area contributed by atoms with Crippen LogP contribution in [0.2, 0.25) is 5.02 Å². The molecule has 0 fully saturated rings. The number of halogens is 3. The monoisotopic (exact) mass is 345 g/mol. The van der Waals surface area contributed by atoms with Crippen molar-refractivity contribution in [1.29, 1.82) is 0 Å². The summed E-state index contributed by atoms with van der Waals surface area (Å²) in [5.41, 5.74) is 1.84. The van der Waals surface area contributed by atoms with Crippen LogP contribution in [0.5, 0.6) is 11.6 Å². The summed E-state index contributed by atoms with van der Waals surface area (Å²) in [6, 6.07) is 9.07. The van der Waals surface area contributed by atoms with Gasteiger partial charge in [-0.25, -0.2) is 4.98 Å². The number of aromatic nitrogens is 1. The number of hydrogen-bond acceptors (Lipinski definition) is 2. The van der Waals surface area contributed by atoms with Gasteiger partial charge in [-0.15, -0.1) is 11.6 Å². The molecule has 0 radical (unpaired) electrons. The molecule has 2 aromatic rings. The Labute approximate surface area is 124 Å². The minimum Gasteiger partial charge on any atom is -0.438 e. The molecule has 0 bridgehead atoms. The zero-order valence-corrected chi connectivity index (χ0v) is 12.7. The summed E-state index contributed by atoms with van der Waals surface area (Å²) in [5.74, 6) is 1.62. The highest BCUT2D eigenvalue weighted by atomic mass is 79.9. The molecule has 1 heterocycles. The summed E-state index contributed by atoms with van der Waals surface area (Å²) in [5, 5.41) is 0.646. The van der Waals surface area contributed by atoms with Gasteiger partial charge >= 0.3 is 0 Å². The number of alkyl halides is 1. The quantitative estimate of drug-likeness (QED) is 0.700. The lowest BCUT2D eigenvalue weighted by molar-refractivity contribution is 0.458. The van der Waals surface area contributed by atoms with Gasteiger partial charge in [0.25, 0.3) is 0 Å². The Morgan fingerprint density at radius 1 is 1.28 bits per heavy atom. The summed E-state index contributed by atoms with van der Waals surface area (Å²) < 4.78 is 6.50. The first-order valence-electron chi connectivity index (χ1n) is 5.25. The first-order chi connectivity index (χ1) is 8.58. The number of nitrogens with zero attached hydrogens (tertiary/aromatic N) is 1. The van der Waals surface area contributed by atoms with Gasteiger partial charge in [0.05, 0.1) is 4.47 Å². The van der Waals surface area contributed by atoms with Gasteiger partial charge in [-0.2, -0.15) is 0 Å². The first kappa shape index (κ1) is 13.7. The molecular formula is C13H10BrCl2NO. The lowest BCUT2D eigenvalue weighted by Gasteiger charge is -2.09. The molecule has 0 aliphatic carbocycles. The Morgan fingerprint density at radius 2 is 2.06 bits per heavy atom. The van der Waals surface area contributed by atoms with Crippen molar-refractivity contribution >= 4 is 39.1 Å². The Kier molecular flexibility index (Phi) is 4.49. The third-order valence-electron chi connectivity index (χ3n) is 2.25. The van der Waals surface area contributed by atoms with Crippen LogP contribution < -0.4 is 4.74 Å². The smallest absolute Gasteiger partial charge is 0.219 e. The van der Waals surface area contributed by atoms with E-state index in [0.29, 0.717) is 22.5 Å². The first-order valence-corrected chi connectivity index (χ1v) is 6.95.